The summed E-state index contributed by atoms with van der Waals surface area (Å²) in [6.07, 6.45) is 1.80. The number of aryl methyl sites for hydroxylation is 1. The third kappa shape index (κ3) is 4.40. The fourth-order valence-corrected chi connectivity index (χ4v) is 2.88. The Hall–Kier alpha value is -2.43. The van der Waals surface area contributed by atoms with Crippen molar-refractivity contribution in [2.75, 3.05) is 0 Å². The van der Waals surface area contributed by atoms with Gasteiger partial charge in [0.1, 0.15) is 11.5 Å². The van der Waals surface area contributed by atoms with Gasteiger partial charge < -0.3 is 10.3 Å². The molecule has 1 aromatic heterocycles. The summed E-state index contributed by atoms with van der Waals surface area (Å²) in [5, 5.41) is 3.06. The lowest BCUT2D eigenvalue weighted by atomic mass is 9.86. The molecule has 140 valence electrons. The van der Waals surface area contributed by atoms with Crippen LogP contribution in [0, 0.1) is 6.92 Å². The van der Waals surface area contributed by atoms with Crippen molar-refractivity contribution < 1.29 is 4.79 Å². The molecular weight excluding hydrogens is 326 g/mol. The number of nitrogens with zero attached hydrogens (tertiary/aromatic N) is 1. The Morgan fingerprint density at radius 2 is 1.73 bits per heavy atom. The van der Waals surface area contributed by atoms with Gasteiger partial charge in [0, 0.05) is 6.07 Å². The van der Waals surface area contributed by atoms with Gasteiger partial charge >= 0.3 is 0 Å². The number of hydrogen-bond donors (Lipinski definition) is 2. The molecule has 1 aliphatic rings. The van der Waals surface area contributed by atoms with Crippen LogP contribution in [0.4, 0.5) is 0 Å². The molecule has 5 nitrogen and oxygen atoms in total. The van der Waals surface area contributed by atoms with E-state index in [-0.39, 0.29) is 28.1 Å². The summed E-state index contributed by atoms with van der Waals surface area (Å²) in [5.41, 5.74) is 1.99. The maximum atomic E-state index is 12.5. The molecule has 0 unspecified atom stereocenters. The van der Waals surface area contributed by atoms with Crippen LogP contribution < -0.4 is 10.9 Å². The first kappa shape index (κ1) is 19.9. The lowest BCUT2D eigenvalue weighted by Crippen LogP contribution is -2.36. The first-order valence-electron chi connectivity index (χ1n) is 9.21. The Balaban J connectivity index is 0.00000117. The maximum absolute atomic E-state index is 12.5. The molecule has 1 aliphatic carbocycles. The topological polar surface area (TPSA) is 74.8 Å². The van der Waals surface area contributed by atoms with E-state index in [0.29, 0.717) is 5.82 Å². The van der Waals surface area contributed by atoms with Gasteiger partial charge in [-0.1, -0.05) is 58.9 Å². The van der Waals surface area contributed by atoms with Crippen LogP contribution in [0.15, 0.2) is 35.1 Å². The van der Waals surface area contributed by atoms with Crippen LogP contribution in [0.25, 0.3) is 0 Å². The van der Waals surface area contributed by atoms with Crippen molar-refractivity contribution in [3.8, 4) is 0 Å². The minimum absolute atomic E-state index is 0.102. The number of aromatic amines is 1. The van der Waals surface area contributed by atoms with E-state index in [0.717, 1.165) is 18.4 Å². The number of aromatic nitrogens is 2. The number of H-pyrrole nitrogens is 1. The summed E-state index contributed by atoms with van der Waals surface area (Å²) in [6, 6.07) is 9.66. The van der Waals surface area contributed by atoms with E-state index in [9.17, 15) is 9.59 Å². The Labute approximate surface area is 155 Å². The highest BCUT2D eigenvalue weighted by molar-refractivity contribution is 5.93. The van der Waals surface area contributed by atoms with Crippen molar-refractivity contribution in [2.45, 2.75) is 65.3 Å². The van der Waals surface area contributed by atoms with Gasteiger partial charge in [-0.05, 0) is 36.3 Å². The zero-order valence-corrected chi connectivity index (χ0v) is 16.6. The second kappa shape index (κ2) is 7.44. The van der Waals surface area contributed by atoms with Crippen LogP contribution in [0.3, 0.4) is 0 Å². The van der Waals surface area contributed by atoms with Crippen molar-refractivity contribution in [1.29, 1.82) is 0 Å². The first-order valence-corrected chi connectivity index (χ1v) is 9.21. The SMILES string of the molecule is CC.Cc1nc(C(=O)NC2(c3ccc(C(C)(C)C)cc3)CC2)cc(=O)[nH]1. The van der Waals surface area contributed by atoms with Gasteiger partial charge in [0.2, 0.25) is 0 Å². The quantitative estimate of drug-likeness (QED) is 0.879. The van der Waals surface area contributed by atoms with Crippen LogP contribution in [0.1, 0.15) is 74.9 Å². The molecule has 1 aromatic carbocycles. The minimum atomic E-state index is -0.328. The normalized spacial score (nSPS) is 14.8. The maximum Gasteiger partial charge on any atom is 0.270 e. The number of carbonyl (C=O) groups is 1. The molecule has 2 aromatic rings. The lowest BCUT2D eigenvalue weighted by molar-refractivity contribution is 0.0925. The van der Waals surface area contributed by atoms with Crippen molar-refractivity contribution in [2.24, 2.45) is 0 Å². The minimum Gasteiger partial charge on any atom is -0.341 e. The zero-order valence-electron chi connectivity index (χ0n) is 16.6. The standard InChI is InChI=1S/C19H23N3O2.C2H6/c1-12-20-15(11-16(23)21-12)17(24)22-19(9-10-19)14-7-5-13(6-8-14)18(2,3)4;1-2/h5-8,11H,9-10H2,1-4H3,(H,22,24)(H,20,21,23);1-2H3. The van der Waals surface area contributed by atoms with E-state index in [1.54, 1.807) is 6.92 Å². The molecule has 0 radical (unpaired) electrons. The number of hydrogen-bond acceptors (Lipinski definition) is 3. The number of amides is 1. The molecule has 3 rings (SSSR count). The van der Waals surface area contributed by atoms with Crippen LogP contribution in [0.2, 0.25) is 0 Å². The molecule has 2 N–H and O–H groups in total. The zero-order chi connectivity index (χ0) is 19.5. The molecule has 1 amide bonds. The molecule has 0 bridgehead atoms. The Bertz CT molecular complexity index is 826. The van der Waals surface area contributed by atoms with E-state index >= 15 is 0 Å². The van der Waals surface area contributed by atoms with Crippen molar-refractivity contribution in [3.63, 3.8) is 0 Å². The number of rotatable bonds is 3. The largest absolute Gasteiger partial charge is 0.341 e. The van der Waals surface area contributed by atoms with Crippen LogP contribution in [-0.2, 0) is 11.0 Å². The van der Waals surface area contributed by atoms with E-state index in [1.807, 2.05) is 13.8 Å². The molecule has 5 heteroatoms. The van der Waals surface area contributed by atoms with E-state index in [2.05, 4.69) is 60.3 Å². The molecule has 0 spiro atoms. The van der Waals surface area contributed by atoms with Crippen molar-refractivity contribution >= 4 is 5.91 Å². The second-order valence-electron chi connectivity index (χ2n) is 7.58. The fraction of sp³-hybridized carbons (Fsp3) is 0.476. The smallest absolute Gasteiger partial charge is 0.270 e. The third-order valence-corrected chi connectivity index (χ3v) is 4.50. The third-order valence-electron chi connectivity index (χ3n) is 4.50. The molecule has 0 aliphatic heterocycles. The van der Waals surface area contributed by atoms with Crippen molar-refractivity contribution in [1.82, 2.24) is 15.3 Å². The van der Waals surface area contributed by atoms with Gasteiger partial charge in [-0.15, -0.1) is 0 Å². The summed E-state index contributed by atoms with van der Waals surface area (Å²) in [6.45, 7) is 12.2. The second-order valence-corrected chi connectivity index (χ2v) is 7.58. The van der Waals surface area contributed by atoms with Crippen LogP contribution in [-0.4, -0.2) is 15.9 Å². The van der Waals surface area contributed by atoms with Gasteiger partial charge in [-0.25, -0.2) is 4.98 Å². The van der Waals surface area contributed by atoms with Crippen LogP contribution >= 0.6 is 0 Å². The summed E-state index contributed by atoms with van der Waals surface area (Å²) in [4.78, 5) is 30.7. The first-order chi connectivity index (χ1) is 12.2. The summed E-state index contributed by atoms with van der Waals surface area (Å²) in [7, 11) is 0. The average molecular weight is 355 g/mol. The summed E-state index contributed by atoms with van der Waals surface area (Å²) in [5.74, 6) is 0.133. The lowest BCUT2D eigenvalue weighted by Gasteiger charge is -2.22. The molecular formula is C21H29N3O2. The van der Waals surface area contributed by atoms with E-state index in [1.165, 1.54) is 11.6 Å². The van der Waals surface area contributed by atoms with Gasteiger partial charge in [0.25, 0.3) is 11.5 Å². The average Bonchev–Trinajstić information content (AvgIpc) is 3.36. The van der Waals surface area contributed by atoms with E-state index in [4.69, 9.17) is 0 Å². The number of carbonyl (C=O) groups excluding carboxylic acids is 1. The predicted octanol–water partition coefficient (Wildman–Crippen LogP) is 3.82. The predicted molar refractivity (Wildman–Crippen MR) is 104 cm³/mol. The van der Waals surface area contributed by atoms with Crippen molar-refractivity contribution in [3.05, 3.63) is 63.3 Å². The Morgan fingerprint density at radius 3 is 2.19 bits per heavy atom. The summed E-state index contributed by atoms with van der Waals surface area (Å²) < 4.78 is 0. The Kier molecular flexibility index (Phi) is 5.69. The van der Waals surface area contributed by atoms with E-state index < -0.39 is 0 Å². The van der Waals surface area contributed by atoms with Crippen LogP contribution in [0.5, 0.6) is 0 Å². The molecule has 0 atom stereocenters. The van der Waals surface area contributed by atoms with Gasteiger partial charge in [-0.3, -0.25) is 9.59 Å². The highest BCUT2D eigenvalue weighted by Crippen LogP contribution is 2.46. The fourth-order valence-electron chi connectivity index (χ4n) is 2.88. The summed E-state index contributed by atoms with van der Waals surface area (Å²) >= 11 is 0. The molecule has 26 heavy (non-hydrogen) atoms. The number of benzene rings is 1. The number of nitrogens with one attached hydrogen (secondary N) is 2. The molecule has 1 heterocycles. The molecule has 0 saturated heterocycles. The highest BCUT2D eigenvalue weighted by Gasteiger charge is 2.46. The van der Waals surface area contributed by atoms with Gasteiger partial charge in [-0.2, -0.15) is 0 Å². The van der Waals surface area contributed by atoms with Gasteiger partial charge in [0.05, 0.1) is 5.54 Å². The molecule has 1 fully saturated rings. The monoisotopic (exact) mass is 355 g/mol. The Morgan fingerprint density at radius 1 is 1.15 bits per heavy atom. The van der Waals surface area contributed by atoms with Gasteiger partial charge in [0.15, 0.2) is 0 Å². The molecule has 1 saturated carbocycles. The highest BCUT2D eigenvalue weighted by atomic mass is 16.2.